The van der Waals surface area contributed by atoms with Gasteiger partial charge in [-0.05, 0) is 67.8 Å². The lowest BCUT2D eigenvalue weighted by atomic mass is 10.1. The molecule has 1 saturated heterocycles. The van der Waals surface area contributed by atoms with Crippen molar-refractivity contribution in [1.29, 1.82) is 0 Å². The normalized spacial score (nSPS) is 17.3. The van der Waals surface area contributed by atoms with Crippen molar-refractivity contribution in [3.8, 4) is 5.75 Å². The number of fused-ring (bicyclic) bond motifs is 2. The summed E-state index contributed by atoms with van der Waals surface area (Å²) in [5, 5.41) is 0.742. The Kier molecular flexibility index (Phi) is 7.92. The molecule has 0 amide bonds. The monoisotopic (exact) mass is 497 g/mol. The SMILES string of the molecule is CN(C)c1ccc(CCN2CCC[C@@H]2CN2c3ccccc3COc3ccc(Cl)cc32)cc1.Cl. The van der Waals surface area contributed by atoms with Crippen LogP contribution >= 0.6 is 24.0 Å². The quantitative estimate of drug-likeness (QED) is 0.383. The van der Waals surface area contributed by atoms with E-state index >= 15 is 0 Å². The Labute approximate surface area is 214 Å². The molecule has 34 heavy (non-hydrogen) atoms. The molecule has 0 N–H and O–H groups in total. The largest absolute Gasteiger partial charge is 0.487 e. The number of hydrogen-bond acceptors (Lipinski definition) is 4. The summed E-state index contributed by atoms with van der Waals surface area (Å²) in [7, 11) is 4.17. The molecule has 0 radical (unpaired) electrons. The van der Waals surface area contributed by atoms with Gasteiger partial charge in [0.25, 0.3) is 0 Å². The topological polar surface area (TPSA) is 19.0 Å². The highest BCUT2D eigenvalue weighted by atomic mass is 35.5. The molecule has 0 unspecified atom stereocenters. The molecule has 6 heteroatoms. The number of likely N-dealkylation sites (tertiary alicyclic amines) is 1. The highest BCUT2D eigenvalue weighted by Gasteiger charge is 2.30. The van der Waals surface area contributed by atoms with Gasteiger partial charge in [-0.3, -0.25) is 4.90 Å². The van der Waals surface area contributed by atoms with Crippen molar-refractivity contribution in [1.82, 2.24) is 4.90 Å². The van der Waals surface area contributed by atoms with Gasteiger partial charge in [0.05, 0.1) is 5.69 Å². The van der Waals surface area contributed by atoms with Crippen LogP contribution < -0.4 is 14.5 Å². The third-order valence-electron chi connectivity index (χ3n) is 6.91. The van der Waals surface area contributed by atoms with Gasteiger partial charge in [0.15, 0.2) is 0 Å². The molecule has 2 aliphatic rings. The molecule has 1 atom stereocenters. The fourth-order valence-electron chi connectivity index (χ4n) is 5.04. The second-order valence-corrected chi connectivity index (χ2v) is 9.72. The van der Waals surface area contributed by atoms with E-state index in [2.05, 4.69) is 77.3 Å². The summed E-state index contributed by atoms with van der Waals surface area (Å²) in [6, 6.07) is 24.0. The van der Waals surface area contributed by atoms with E-state index in [1.165, 1.54) is 35.3 Å². The Hall–Kier alpha value is -2.40. The lowest BCUT2D eigenvalue weighted by molar-refractivity contribution is 0.261. The molecule has 0 saturated carbocycles. The first-order valence-corrected chi connectivity index (χ1v) is 12.2. The predicted octanol–water partition coefficient (Wildman–Crippen LogP) is 6.57. The van der Waals surface area contributed by atoms with Gasteiger partial charge in [0, 0.05) is 55.2 Å². The molecule has 5 rings (SSSR count). The van der Waals surface area contributed by atoms with Crippen LogP contribution in [0.2, 0.25) is 5.02 Å². The van der Waals surface area contributed by atoms with Crippen LogP contribution in [-0.2, 0) is 13.0 Å². The van der Waals surface area contributed by atoms with Crippen molar-refractivity contribution < 1.29 is 4.74 Å². The van der Waals surface area contributed by atoms with Crippen molar-refractivity contribution in [3.05, 3.63) is 82.9 Å². The molecule has 2 heterocycles. The van der Waals surface area contributed by atoms with Crippen molar-refractivity contribution in [2.75, 3.05) is 43.5 Å². The van der Waals surface area contributed by atoms with Gasteiger partial charge in [-0.15, -0.1) is 12.4 Å². The highest BCUT2D eigenvalue weighted by molar-refractivity contribution is 6.31. The molecular formula is C28H33Cl2N3O. The van der Waals surface area contributed by atoms with Crippen LogP contribution in [0.15, 0.2) is 66.7 Å². The number of ether oxygens (including phenoxy) is 1. The minimum absolute atomic E-state index is 0. The molecule has 4 nitrogen and oxygen atoms in total. The summed E-state index contributed by atoms with van der Waals surface area (Å²) in [5.74, 6) is 0.904. The maximum Gasteiger partial charge on any atom is 0.143 e. The van der Waals surface area contributed by atoms with Crippen LogP contribution in [0.3, 0.4) is 0 Å². The zero-order chi connectivity index (χ0) is 22.8. The fraction of sp³-hybridized carbons (Fsp3) is 0.357. The van der Waals surface area contributed by atoms with Crippen LogP contribution in [-0.4, -0.2) is 44.7 Å². The van der Waals surface area contributed by atoms with E-state index in [-0.39, 0.29) is 12.4 Å². The number of hydrogen-bond donors (Lipinski definition) is 0. The Morgan fingerprint density at radius 3 is 2.59 bits per heavy atom. The number of halogens is 2. The maximum atomic E-state index is 6.42. The lowest BCUT2D eigenvalue weighted by Crippen LogP contribution is -2.39. The summed E-state index contributed by atoms with van der Waals surface area (Å²) < 4.78 is 6.17. The third-order valence-corrected chi connectivity index (χ3v) is 7.15. The summed E-state index contributed by atoms with van der Waals surface area (Å²) in [5.41, 5.74) is 6.16. The minimum atomic E-state index is 0. The molecule has 0 bridgehead atoms. The molecule has 0 spiro atoms. The highest BCUT2D eigenvalue weighted by Crippen LogP contribution is 2.41. The zero-order valence-corrected chi connectivity index (χ0v) is 21.5. The second-order valence-electron chi connectivity index (χ2n) is 9.28. The Morgan fingerprint density at radius 1 is 1.00 bits per heavy atom. The van der Waals surface area contributed by atoms with E-state index in [9.17, 15) is 0 Å². The number of benzene rings is 3. The summed E-state index contributed by atoms with van der Waals surface area (Å²) >= 11 is 6.42. The smallest absolute Gasteiger partial charge is 0.143 e. The first-order valence-electron chi connectivity index (χ1n) is 11.9. The molecule has 3 aromatic carbocycles. The fourth-order valence-corrected chi connectivity index (χ4v) is 5.21. The van der Waals surface area contributed by atoms with Crippen LogP contribution in [0.4, 0.5) is 17.1 Å². The van der Waals surface area contributed by atoms with Crippen molar-refractivity contribution >= 4 is 41.1 Å². The molecule has 180 valence electrons. The van der Waals surface area contributed by atoms with Gasteiger partial charge in [-0.25, -0.2) is 0 Å². The molecule has 3 aromatic rings. The van der Waals surface area contributed by atoms with Gasteiger partial charge in [-0.1, -0.05) is 41.9 Å². The van der Waals surface area contributed by atoms with Crippen LogP contribution in [0, 0.1) is 0 Å². The second kappa shape index (κ2) is 10.9. The minimum Gasteiger partial charge on any atom is -0.487 e. The van der Waals surface area contributed by atoms with Gasteiger partial charge < -0.3 is 14.5 Å². The third kappa shape index (κ3) is 5.30. The maximum absolute atomic E-state index is 6.42. The van der Waals surface area contributed by atoms with E-state index in [0.717, 1.165) is 42.5 Å². The first kappa shape index (κ1) is 24.7. The van der Waals surface area contributed by atoms with Gasteiger partial charge in [0.2, 0.25) is 0 Å². The first-order chi connectivity index (χ1) is 16.1. The molecular weight excluding hydrogens is 465 g/mol. The average Bonchev–Trinajstić information content (AvgIpc) is 3.21. The van der Waals surface area contributed by atoms with Crippen molar-refractivity contribution in [3.63, 3.8) is 0 Å². The van der Waals surface area contributed by atoms with Crippen LogP contribution in [0.5, 0.6) is 5.75 Å². The zero-order valence-electron chi connectivity index (χ0n) is 19.9. The van der Waals surface area contributed by atoms with E-state index in [1.54, 1.807) is 0 Å². The Bertz CT molecular complexity index is 1100. The van der Waals surface area contributed by atoms with Gasteiger partial charge in [0.1, 0.15) is 12.4 Å². The Balaban J connectivity index is 0.00000274. The number of nitrogens with zero attached hydrogens (tertiary/aromatic N) is 3. The van der Waals surface area contributed by atoms with Crippen molar-refractivity contribution in [2.24, 2.45) is 0 Å². The van der Waals surface area contributed by atoms with E-state index in [1.807, 2.05) is 18.2 Å². The predicted molar refractivity (Wildman–Crippen MR) is 146 cm³/mol. The Morgan fingerprint density at radius 2 is 1.79 bits per heavy atom. The number of rotatable bonds is 6. The van der Waals surface area contributed by atoms with Crippen molar-refractivity contribution in [2.45, 2.75) is 31.9 Å². The lowest BCUT2D eigenvalue weighted by Gasteiger charge is -2.33. The summed E-state index contributed by atoms with van der Waals surface area (Å²) in [4.78, 5) is 7.24. The molecule has 2 aliphatic heterocycles. The van der Waals surface area contributed by atoms with Gasteiger partial charge >= 0.3 is 0 Å². The van der Waals surface area contributed by atoms with Crippen LogP contribution in [0.25, 0.3) is 0 Å². The van der Waals surface area contributed by atoms with E-state index in [0.29, 0.717) is 12.6 Å². The average molecular weight is 498 g/mol. The standard InChI is InChI=1S/C28H32ClN3O.ClH/c1-30(2)24-12-9-21(10-13-24)15-17-31-16-5-7-25(31)19-32-26-8-4-3-6-22(26)20-33-28-14-11-23(29)18-27(28)32;/h3-4,6,8-14,18,25H,5,7,15-17,19-20H2,1-2H3;1H/t25-;/m1./s1. The van der Waals surface area contributed by atoms with Crippen LogP contribution in [0.1, 0.15) is 24.0 Å². The van der Waals surface area contributed by atoms with E-state index < -0.39 is 0 Å². The van der Waals surface area contributed by atoms with Gasteiger partial charge in [-0.2, -0.15) is 0 Å². The summed E-state index contributed by atoms with van der Waals surface area (Å²) in [6.45, 7) is 3.76. The summed E-state index contributed by atoms with van der Waals surface area (Å²) in [6.07, 6.45) is 3.54. The number of para-hydroxylation sites is 1. The molecule has 1 fully saturated rings. The number of anilines is 3. The molecule has 0 aliphatic carbocycles. The van der Waals surface area contributed by atoms with E-state index in [4.69, 9.17) is 16.3 Å². The molecule has 0 aromatic heterocycles.